The number of aromatic nitrogens is 1. The molecule has 18 heavy (non-hydrogen) atoms. The van der Waals surface area contributed by atoms with Gasteiger partial charge in [-0.2, -0.15) is 0 Å². The van der Waals surface area contributed by atoms with Crippen LogP contribution in [-0.2, 0) is 0 Å². The maximum absolute atomic E-state index is 5.56. The molecule has 1 unspecified atom stereocenters. The van der Waals surface area contributed by atoms with Crippen LogP contribution in [-0.4, -0.2) is 49.2 Å². The van der Waals surface area contributed by atoms with E-state index in [1.54, 1.807) is 11.3 Å². The van der Waals surface area contributed by atoms with Gasteiger partial charge in [0.25, 0.3) is 0 Å². The summed E-state index contributed by atoms with van der Waals surface area (Å²) in [6, 6.07) is 0. The molecule has 1 saturated heterocycles. The molecule has 5 heteroatoms. The van der Waals surface area contributed by atoms with Gasteiger partial charge < -0.3 is 10.6 Å². The van der Waals surface area contributed by atoms with E-state index in [1.807, 2.05) is 6.20 Å². The topological polar surface area (TPSA) is 45.4 Å². The first-order valence-electron chi connectivity index (χ1n) is 6.86. The van der Waals surface area contributed by atoms with E-state index in [4.69, 9.17) is 5.73 Å². The van der Waals surface area contributed by atoms with Crippen molar-refractivity contribution in [3.63, 3.8) is 0 Å². The van der Waals surface area contributed by atoms with Crippen molar-refractivity contribution in [3.8, 4) is 0 Å². The fraction of sp³-hybridized carbons (Fsp3) is 0.769. The molecule has 1 aromatic rings. The Morgan fingerprint density at radius 3 is 2.78 bits per heavy atom. The molecule has 0 bridgehead atoms. The predicted octanol–water partition coefficient (Wildman–Crippen LogP) is 1.64. The van der Waals surface area contributed by atoms with Gasteiger partial charge in [0.15, 0.2) is 5.13 Å². The quantitative estimate of drug-likeness (QED) is 0.852. The molecule has 1 fully saturated rings. The Balaban J connectivity index is 1.70. The molecular weight excluding hydrogens is 244 g/mol. The van der Waals surface area contributed by atoms with Crippen LogP contribution in [0.2, 0.25) is 0 Å². The average molecular weight is 268 g/mol. The van der Waals surface area contributed by atoms with Crippen LogP contribution in [0.5, 0.6) is 0 Å². The van der Waals surface area contributed by atoms with Gasteiger partial charge in [-0.3, -0.25) is 4.90 Å². The van der Waals surface area contributed by atoms with Gasteiger partial charge in [-0.05, 0) is 25.3 Å². The van der Waals surface area contributed by atoms with Gasteiger partial charge in [0.05, 0.1) is 0 Å². The van der Waals surface area contributed by atoms with Crippen molar-refractivity contribution in [1.29, 1.82) is 0 Å². The molecule has 2 N–H and O–H groups in total. The minimum atomic E-state index is 0.764. The predicted molar refractivity (Wildman–Crippen MR) is 78.2 cm³/mol. The van der Waals surface area contributed by atoms with E-state index in [0.717, 1.165) is 45.1 Å². The molecule has 0 aromatic carbocycles. The highest BCUT2D eigenvalue weighted by Crippen LogP contribution is 2.19. The number of anilines is 1. The fourth-order valence-electron chi connectivity index (χ4n) is 2.49. The van der Waals surface area contributed by atoms with Crippen LogP contribution >= 0.6 is 11.3 Å². The molecule has 0 radical (unpaired) electrons. The monoisotopic (exact) mass is 268 g/mol. The van der Waals surface area contributed by atoms with Gasteiger partial charge in [0.2, 0.25) is 0 Å². The highest BCUT2D eigenvalue weighted by Gasteiger charge is 2.19. The van der Waals surface area contributed by atoms with Gasteiger partial charge >= 0.3 is 0 Å². The molecule has 4 nitrogen and oxygen atoms in total. The first kappa shape index (κ1) is 13.8. The highest BCUT2D eigenvalue weighted by atomic mass is 32.1. The third kappa shape index (κ3) is 3.93. The Labute approximate surface area is 114 Å². The molecular formula is C13H24N4S. The van der Waals surface area contributed by atoms with E-state index in [0.29, 0.717) is 0 Å². The summed E-state index contributed by atoms with van der Waals surface area (Å²) in [5.74, 6) is 0.764. The lowest BCUT2D eigenvalue weighted by molar-refractivity contribution is 0.219. The summed E-state index contributed by atoms with van der Waals surface area (Å²) in [5.41, 5.74) is 5.56. The third-order valence-electron chi connectivity index (χ3n) is 3.53. The maximum atomic E-state index is 5.56. The lowest BCUT2D eigenvalue weighted by atomic mass is 10.0. The van der Waals surface area contributed by atoms with Gasteiger partial charge in [-0.25, -0.2) is 4.98 Å². The molecule has 0 saturated carbocycles. The van der Waals surface area contributed by atoms with Crippen molar-refractivity contribution < 1.29 is 0 Å². The maximum Gasteiger partial charge on any atom is 0.185 e. The van der Waals surface area contributed by atoms with Crippen molar-refractivity contribution in [2.75, 3.05) is 44.2 Å². The van der Waals surface area contributed by atoms with Crippen molar-refractivity contribution in [2.24, 2.45) is 11.7 Å². The van der Waals surface area contributed by atoms with Gasteiger partial charge in [0, 0.05) is 44.3 Å². The summed E-state index contributed by atoms with van der Waals surface area (Å²) < 4.78 is 0. The first-order valence-corrected chi connectivity index (χ1v) is 7.74. The smallest absolute Gasteiger partial charge is 0.185 e. The Morgan fingerprint density at radius 1 is 1.39 bits per heavy atom. The minimum Gasteiger partial charge on any atom is -0.346 e. The normalized spacial score (nSPS) is 19.1. The molecule has 2 rings (SSSR count). The Bertz CT molecular complexity index is 320. The van der Waals surface area contributed by atoms with Crippen LogP contribution in [0, 0.1) is 5.92 Å². The lowest BCUT2D eigenvalue weighted by Crippen LogP contribution is -2.47. The van der Waals surface area contributed by atoms with Crippen LogP contribution in [0.1, 0.15) is 19.8 Å². The fourth-order valence-corrected chi connectivity index (χ4v) is 3.19. The molecule has 2 heterocycles. The zero-order valence-corrected chi connectivity index (χ0v) is 12.0. The number of thiazole rings is 1. The molecule has 1 aromatic heterocycles. The summed E-state index contributed by atoms with van der Waals surface area (Å²) in [4.78, 5) is 9.35. The molecule has 0 aliphatic carbocycles. The van der Waals surface area contributed by atoms with E-state index in [1.165, 1.54) is 18.1 Å². The minimum absolute atomic E-state index is 0.764. The van der Waals surface area contributed by atoms with E-state index in [2.05, 4.69) is 27.1 Å². The van der Waals surface area contributed by atoms with E-state index < -0.39 is 0 Å². The zero-order valence-electron chi connectivity index (χ0n) is 11.2. The summed E-state index contributed by atoms with van der Waals surface area (Å²) in [6.07, 6.45) is 4.30. The van der Waals surface area contributed by atoms with Gasteiger partial charge in [-0.1, -0.05) is 6.92 Å². The SMILES string of the molecule is CC(CCCN)CN1CCN(c2nccs2)CC1. The largest absolute Gasteiger partial charge is 0.346 e. The second kappa shape index (κ2) is 7.07. The summed E-state index contributed by atoms with van der Waals surface area (Å²) in [7, 11) is 0. The van der Waals surface area contributed by atoms with E-state index in [9.17, 15) is 0 Å². The molecule has 1 aliphatic rings. The Hall–Kier alpha value is -0.650. The summed E-state index contributed by atoms with van der Waals surface area (Å²) in [6.45, 7) is 8.91. The molecule has 0 amide bonds. The van der Waals surface area contributed by atoms with Crippen LogP contribution in [0.25, 0.3) is 0 Å². The average Bonchev–Trinajstić information content (AvgIpc) is 2.91. The second-order valence-corrected chi connectivity index (χ2v) is 6.01. The van der Waals surface area contributed by atoms with Crippen molar-refractivity contribution in [2.45, 2.75) is 19.8 Å². The highest BCUT2D eigenvalue weighted by molar-refractivity contribution is 7.13. The first-order chi connectivity index (χ1) is 8.79. The second-order valence-electron chi connectivity index (χ2n) is 5.14. The molecule has 1 atom stereocenters. The molecule has 102 valence electrons. The Kier molecular flexibility index (Phi) is 5.41. The van der Waals surface area contributed by atoms with E-state index >= 15 is 0 Å². The number of nitrogens with zero attached hydrogens (tertiary/aromatic N) is 3. The Morgan fingerprint density at radius 2 is 2.17 bits per heavy atom. The zero-order chi connectivity index (χ0) is 12.8. The number of rotatable bonds is 6. The van der Waals surface area contributed by atoms with E-state index in [-0.39, 0.29) is 0 Å². The molecule has 1 aliphatic heterocycles. The van der Waals surface area contributed by atoms with Gasteiger partial charge in [-0.15, -0.1) is 11.3 Å². The van der Waals surface area contributed by atoms with Crippen LogP contribution in [0.3, 0.4) is 0 Å². The number of nitrogens with two attached hydrogens (primary N) is 1. The third-order valence-corrected chi connectivity index (χ3v) is 4.37. The van der Waals surface area contributed by atoms with Crippen molar-refractivity contribution >= 4 is 16.5 Å². The van der Waals surface area contributed by atoms with Gasteiger partial charge in [0.1, 0.15) is 0 Å². The number of hydrogen-bond acceptors (Lipinski definition) is 5. The standard InChI is InChI=1S/C13H24N4S/c1-12(3-2-4-14)11-16-6-8-17(9-7-16)13-15-5-10-18-13/h5,10,12H,2-4,6-9,11,14H2,1H3. The summed E-state index contributed by atoms with van der Waals surface area (Å²) >= 11 is 1.74. The number of piperazine rings is 1. The van der Waals surface area contributed by atoms with Crippen LogP contribution < -0.4 is 10.6 Å². The lowest BCUT2D eigenvalue weighted by Gasteiger charge is -2.35. The summed E-state index contributed by atoms with van der Waals surface area (Å²) in [5, 5.41) is 3.22. The van der Waals surface area contributed by atoms with Crippen LogP contribution in [0.4, 0.5) is 5.13 Å². The van der Waals surface area contributed by atoms with Crippen molar-refractivity contribution in [1.82, 2.24) is 9.88 Å². The number of hydrogen-bond donors (Lipinski definition) is 1. The molecule has 0 spiro atoms. The van der Waals surface area contributed by atoms with Crippen LogP contribution in [0.15, 0.2) is 11.6 Å². The van der Waals surface area contributed by atoms with Crippen molar-refractivity contribution in [3.05, 3.63) is 11.6 Å².